The van der Waals surface area contributed by atoms with Crippen LogP contribution in [0.15, 0.2) is 47.6 Å². The minimum absolute atomic E-state index is 0.0198. The largest absolute Gasteiger partial charge is 0.324 e. The van der Waals surface area contributed by atoms with Crippen LogP contribution in [0, 0.1) is 0 Å². The van der Waals surface area contributed by atoms with Crippen LogP contribution in [0.5, 0.6) is 0 Å². The van der Waals surface area contributed by atoms with Crippen molar-refractivity contribution >= 4 is 10.0 Å². The molecule has 2 aromatic rings. The molecule has 0 aliphatic heterocycles. The second-order valence-electron chi connectivity index (χ2n) is 5.42. The SMILES string of the molecule is CC(C)(N)CNS(=O)(=O)c1cnc(-c2ccccc2)nc1. The molecule has 0 radical (unpaired) electrons. The lowest BCUT2D eigenvalue weighted by Gasteiger charge is -2.18. The second kappa shape index (κ2) is 5.88. The van der Waals surface area contributed by atoms with Gasteiger partial charge in [0.1, 0.15) is 4.90 Å². The lowest BCUT2D eigenvalue weighted by atomic mass is 10.1. The fourth-order valence-corrected chi connectivity index (χ4v) is 2.67. The van der Waals surface area contributed by atoms with Gasteiger partial charge in [-0.05, 0) is 13.8 Å². The molecule has 0 aliphatic carbocycles. The maximum atomic E-state index is 12.1. The lowest BCUT2D eigenvalue weighted by molar-refractivity contribution is 0.497. The van der Waals surface area contributed by atoms with E-state index in [1.165, 1.54) is 12.4 Å². The third kappa shape index (κ3) is 4.32. The molecule has 0 unspecified atom stereocenters. The summed E-state index contributed by atoms with van der Waals surface area (Å²) in [5.41, 5.74) is 5.97. The fraction of sp³-hybridized carbons (Fsp3) is 0.286. The molecule has 0 saturated carbocycles. The first kappa shape index (κ1) is 15.6. The topological polar surface area (TPSA) is 98.0 Å². The molecule has 6 nitrogen and oxygen atoms in total. The van der Waals surface area contributed by atoms with Crippen LogP contribution in [-0.4, -0.2) is 30.5 Å². The summed E-state index contributed by atoms with van der Waals surface area (Å²) in [5.74, 6) is 0.480. The van der Waals surface area contributed by atoms with Gasteiger partial charge in [-0.15, -0.1) is 0 Å². The predicted molar refractivity (Wildman–Crippen MR) is 80.9 cm³/mol. The summed E-state index contributed by atoms with van der Waals surface area (Å²) in [6.45, 7) is 3.62. The zero-order chi connectivity index (χ0) is 15.5. The van der Waals surface area contributed by atoms with Gasteiger partial charge in [0.2, 0.25) is 10.0 Å². The van der Waals surface area contributed by atoms with E-state index < -0.39 is 15.6 Å². The first-order chi connectivity index (χ1) is 9.78. The molecule has 2 rings (SSSR count). The van der Waals surface area contributed by atoms with Crippen molar-refractivity contribution in [3.8, 4) is 11.4 Å². The minimum Gasteiger partial charge on any atom is -0.324 e. The second-order valence-corrected chi connectivity index (χ2v) is 7.19. The molecule has 1 aromatic heterocycles. The van der Waals surface area contributed by atoms with E-state index in [0.29, 0.717) is 5.82 Å². The molecule has 1 aromatic carbocycles. The highest BCUT2D eigenvalue weighted by atomic mass is 32.2. The van der Waals surface area contributed by atoms with Gasteiger partial charge < -0.3 is 5.73 Å². The van der Waals surface area contributed by atoms with Crippen LogP contribution in [0.1, 0.15) is 13.8 Å². The normalized spacial score (nSPS) is 12.3. The van der Waals surface area contributed by atoms with Gasteiger partial charge in [0.25, 0.3) is 0 Å². The molecule has 7 heteroatoms. The van der Waals surface area contributed by atoms with E-state index in [1.807, 2.05) is 30.3 Å². The van der Waals surface area contributed by atoms with E-state index in [0.717, 1.165) is 5.56 Å². The Morgan fingerprint density at radius 2 is 1.71 bits per heavy atom. The molecule has 0 fully saturated rings. The Balaban J connectivity index is 2.19. The van der Waals surface area contributed by atoms with Crippen molar-refractivity contribution in [3.05, 3.63) is 42.7 Å². The van der Waals surface area contributed by atoms with Gasteiger partial charge in [-0.2, -0.15) is 0 Å². The summed E-state index contributed by atoms with van der Waals surface area (Å²) < 4.78 is 26.6. The van der Waals surface area contributed by atoms with Crippen molar-refractivity contribution < 1.29 is 8.42 Å². The van der Waals surface area contributed by atoms with Gasteiger partial charge in [0.15, 0.2) is 5.82 Å². The molecule has 0 aliphatic rings. The summed E-state index contributed by atoms with van der Waals surface area (Å²) in [6, 6.07) is 9.35. The van der Waals surface area contributed by atoms with Crippen molar-refractivity contribution in [2.24, 2.45) is 5.73 Å². The van der Waals surface area contributed by atoms with E-state index in [9.17, 15) is 8.42 Å². The Hall–Kier alpha value is -1.83. The van der Waals surface area contributed by atoms with Gasteiger partial charge in [0.05, 0.1) is 12.4 Å². The molecule has 0 atom stereocenters. The molecular formula is C14H18N4O2S. The zero-order valence-electron chi connectivity index (χ0n) is 11.9. The highest BCUT2D eigenvalue weighted by molar-refractivity contribution is 7.89. The third-order valence-electron chi connectivity index (χ3n) is 2.69. The Labute approximate surface area is 124 Å². The number of sulfonamides is 1. The van der Waals surface area contributed by atoms with Crippen LogP contribution in [0.3, 0.4) is 0 Å². The Morgan fingerprint density at radius 3 is 2.24 bits per heavy atom. The Morgan fingerprint density at radius 1 is 1.14 bits per heavy atom. The maximum absolute atomic E-state index is 12.1. The fourth-order valence-electron chi connectivity index (χ4n) is 1.56. The monoisotopic (exact) mass is 306 g/mol. The van der Waals surface area contributed by atoms with Crippen molar-refractivity contribution in [1.29, 1.82) is 0 Å². The van der Waals surface area contributed by atoms with Crippen LogP contribution >= 0.6 is 0 Å². The third-order valence-corrected chi connectivity index (χ3v) is 4.04. The summed E-state index contributed by atoms with van der Waals surface area (Å²) in [7, 11) is -3.65. The number of hydrogen-bond donors (Lipinski definition) is 2. The highest BCUT2D eigenvalue weighted by Gasteiger charge is 2.19. The van der Waals surface area contributed by atoms with E-state index in [-0.39, 0.29) is 11.4 Å². The van der Waals surface area contributed by atoms with Crippen molar-refractivity contribution in [3.63, 3.8) is 0 Å². The Bertz CT molecular complexity index is 692. The first-order valence-corrected chi connectivity index (χ1v) is 7.92. The molecule has 3 N–H and O–H groups in total. The first-order valence-electron chi connectivity index (χ1n) is 6.44. The number of benzene rings is 1. The Kier molecular flexibility index (Phi) is 4.36. The summed E-state index contributed by atoms with van der Waals surface area (Å²) in [4.78, 5) is 8.22. The summed E-state index contributed by atoms with van der Waals surface area (Å²) in [5, 5.41) is 0. The van der Waals surface area contributed by atoms with Crippen LogP contribution in [0.4, 0.5) is 0 Å². The zero-order valence-corrected chi connectivity index (χ0v) is 12.8. The van der Waals surface area contributed by atoms with E-state index >= 15 is 0 Å². The van der Waals surface area contributed by atoms with E-state index in [1.54, 1.807) is 13.8 Å². The number of rotatable bonds is 5. The number of nitrogens with zero attached hydrogens (tertiary/aromatic N) is 2. The van der Waals surface area contributed by atoms with E-state index in [2.05, 4.69) is 14.7 Å². The molecule has 1 heterocycles. The molecule has 0 spiro atoms. The number of aromatic nitrogens is 2. The standard InChI is InChI=1S/C14H18N4O2S/c1-14(2,15)10-18-21(19,20)12-8-16-13(17-9-12)11-6-4-3-5-7-11/h3-9,18H,10,15H2,1-2H3. The molecule has 0 amide bonds. The minimum atomic E-state index is -3.65. The van der Waals surface area contributed by atoms with Gasteiger partial charge >= 0.3 is 0 Å². The molecule has 0 bridgehead atoms. The van der Waals surface area contributed by atoms with Crippen LogP contribution < -0.4 is 10.5 Å². The molecular weight excluding hydrogens is 288 g/mol. The quantitative estimate of drug-likeness (QED) is 0.863. The summed E-state index contributed by atoms with van der Waals surface area (Å²) in [6.07, 6.45) is 2.59. The number of nitrogens with two attached hydrogens (primary N) is 1. The molecule has 112 valence electrons. The summed E-state index contributed by atoms with van der Waals surface area (Å²) >= 11 is 0. The van der Waals surface area contributed by atoms with Crippen LogP contribution in [0.2, 0.25) is 0 Å². The van der Waals surface area contributed by atoms with Crippen molar-refractivity contribution in [2.75, 3.05) is 6.54 Å². The average molecular weight is 306 g/mol. The smallest absolute Gasteiger partial charge is 0.243 e. The number of nitrogens with one attached hydrogen (secondary N) is 1. The van der Waals surface area contributed by atoms with Crippen molar-refractivity contribution in [2.45, 2.75) is 24.3 Å². The predicted octanol–water partition coefficient (Wildman–Crippen LogP) is 1.16. The average Bonchev–Trinajstić information content (AvgIpc) is 2.46. The van der Waals surface area contributed by atoms with Gasteiger partial charge in [-0.1, -0.05) is 30.3 Å². The molecule has 21 heavy (non-hydrogen) atoms. The van der Waals surface area contributed by atoms with Gasteiger partial charge in [-0.25, -0.2) is 23.1 Å². The van der Waals surface area contributed by atoms with Gasteiger partial charge in [-0.3, -0.25) is 0 Å². The van der Waals surface area contributed by atoms with Crippen LogP contribution in [-0.2, 0) is 10.0 Å². The van der Waals surface area contributed by atoms with Crippen LogP contribution in [0.25, 0.3) is 11.4 Å². The van der Waals surface area contributed by atoms with Crippen molar-refractivity contribution in [1.82, 2.24) is 14.7 Å². The number of hydrogen-bond acceptors (Lipinski definition) is 5. The maximum Gasteiger partial charge on any atom is 0.243 e. The highest BCUT2D eigenvalue weighted by Crippen LogP contribution is 2.15. The van der Waals surface area contributed by atoms with Gasteiger partial charge in [0, 0.05) is 17.6 Å². The van der Waals surface area contributed by atoms with E-state index in [4.69, 9.17) is 5.73 Å². The molecule has 0 saturated heterocycles. The lowest BCUT2D eigenvalue weighted by Crippen LogP contribution is -2.45.